The Balaban J connectivity index is 1.85. The molecule has 0 spiro atoms. The number of nitrogens with zero attached hydrogens (tertiary/aromatic N) is 4. The van der Waals surface area contributed by atoms with Crippen LogP contribution in [0.2, 0.25) is 0 Å². The lowest BCUT2D eigenvalue weighted by Gasteiger charge is -2.12. The second-order valence-electron chi connectivity index (χ2n) is 8.56. The second-order valence-corrected chi connectivity index (χ2v) is 8.56. The van der Waals surface area contributed by atoms with Crippen molar-refractivity contribution in [1.82, 2.24) is 19.9 Å². The first-order chi connectivity index (χ1) is 14.2. The molecule has 2 aromatic heterocycles. The quantitative estimate of drug-likeness (QED) is 0.605. The second kappa shape index (κ2) is 8.81. The average Bonchev–Trinajstić information content (AvgIpc) is 3.24. The van der Waals surface area contributed by atoms with Crippen molar-refractivity contribution in [2.75, 3.05) is 5.32 Å². The van der Waals surface area contributed by atoms with Crippen LogP contribution in [0.5, 0.6) is 0 Å². The van der Waals surface area contributed by atoms with Gasteiger partial charge in [-0.25, -0.2) is 0 Å². The predicted octanol–water partition coefficient (Wildman–Crippen LogP) is 4.82. The summed E-state index contributed by atoms with van der Waals surface area (Å²) >= 11 is 0. The minimum atomic E-state index is -0.0931. The SMILES string of the molecule is Cc1cccc(-c2nc(C(C)C)no2)c1NC(=O)Cc1c(C)nn(CC(C)C)c1C. The number of para-hydroxylation sites is 1. The fraction of sp³-hybridized carbons (Fsp3) is 0.478. The maximum Gasteiger partial charge on any atom is 0.260 e. The van der Waals surface area contributed by atoms with Gasteiger partial charge in [0.15, 0.2) is 5.82 Å². The number of aromatic nitrogens is 4. The molecule has 3 aromatic rings. The minimum absolute atomic E-state index is 0.0931. The summed E-state index contributed by atoms with van der Waals surface area (Å²) in [6.07, 6.45) is 0.268. The molecule has 3 rings (SSSR count). The van der Waals surface area contributed by atoms with Crippen LogP contribution in [0.25, 0.3) is 11.5 Å². The van der Waals surface area contributed by atoms with Crippen LogP contribution >= 0.6 is 0 Å². The lowest BCUT2D eigenvalue weighted by Crippen LogP contribution is -2.17. The van der Waals surface area contributed by atoms with E-state index in [0.29, 0.717) is 23.3 Å². The van der Waals surface area contributed by atoms with Gasteiger partial charge in [0.25, 0.3) is 5.89 Å². The van der Waals surface area contributed by atoms with Gasteiger partial charge in [0.1, 0.15) is 0 Å². The molecule has 2 heterocycles. The number of anilines is 1. The van der Waals surface area contributed by atoms with E-state index < -0.39 is 0 Å². The van der Waals surface area contributed by atoms with Crippen LogP contribution in [0.3, 0.4) is 0 Å². The number of hydrogen-bond donors (Lipinski definition) is 1. The van der Waals surface area contributed by atoms with Crippen molar-refractivity contribution < 1.29 is 9.32 Å². The normalized spacial score (nSPS) is 11.5. The topological polar surface area (TPSA) is 85.8 Å². The molecule has 0 radical (unpaired) electrons. The summed E-state index contributed by atoms with van der Waals surface area (Å²) in [6.45, 7) is 15.1. The number of nitrogens with one attached hydrogen (secondary N) is 1. The van der Waals surface area contributed by atoms with E-state index in [4.69, 9.17) is 4.52 Å². The van der Waals surface area contributed by atoms with Gasteiger partial charge >= 0.3 is 0 Å². The van der Waals surface area contributed by atoms with E-state index in [2.05, 4.69) is 34.4 Å². The minimum Gasteiger partial charge on any atom is -0.334 e. The number of rotatable bonds is 7. The van der Waals surface area contributed by atoms with E-state index in [0.717, 1.165) is 34.6 Å². The third-order valence-corrected chi connectivity index (χ3v) is 5.13. The monoisotopic (exact) mass is 409 g/mol. The third-order valence-electron chi connectivity index (χ3n) is 5.13. The Morgan fingerprint density at radius 1 is 1.17 bits per heavy atom. The summed E-state index contributed by atoms with van der Waals surface area (Å²) in [5.74, 6) is 1.62. The largest absolute Gasteiger partial charge is 0.334 e. The maximum absolute atomic E-state index is 13.0. The van der Waals surface area contributed by atoms with E-state index >= 15 is 0 Å². The van der Waals surface area contributed by atoms with E-state index in [-0.39, 0.29) is 18.2 Å². The highest BCUT2D eigenvalue weighted by Gasteiger charge is 2.20. The summed E-state index contributed by atoms with van der Waals surface area (Å²) in [7, 11) is 0. The van der Waals surface area contributed by atoms with Gasteiger partial charge < -0.3 is 9.84 Å². The number of carbonyl (C=O) groups is 1. The van der Waals surface area contributed by atoms with Gasteiger partial charge in [-0.15, -0.1) is 0 Å². The third kappa shape index (κ3) is 4.61. The van der Waals surface area contributed by atoms with Crippen molar-refractivity contribution >= 4 is 11.6 Å². The van der Waals surface area contributed by atoms with Crippen molar-refractivity contribution in [3.8, 4) is 11.5 Å². The van der Waals surface area contributed by atoms with Crippen LogP contribution in [0.15, 0.2) is 22.7 Å². The highest BCUT2D eigenvalue weighted by atomic mass is 16.5. The molecule has 0 aliphatic rings. The Bertz CT molecular complexity index is 1050. The van der Waals surface area contributed by atoms with E-state index in [1.54, 1.807) is 0 Å². The average molecular weight is 410 g/mol. The number of benzene rings is 1. The van der Waals surface area contributed by atoms with Gasteiger partial charge in [-0.1, -0.05) is 45.0 Å². The molecule has 160 valence electrons. The van der Waals surface area contributed by atoms with Crippen molar-refractivity contribution in [2.45, 2.75) is 67.3 Å². The molecule has 0 atom stereocenters. The standard InChI is InChI=1S/C23H31N5O2/c1-13(2)12-28-17(7)19(16(6)26-28)11-20(29)24-21-15(5)9-8-10-18(21)23-25-22(14(3)4)27-30-23/h8-10,13-14H,11-12H2,1-7H3,(H,24,29). The highest BCUT2D eigenvalue weighted by molar-refractivity contribution is 5.97. The Kier molecular flexibility index (Phi) is 6.39. The summed E-state index contributed by atoms with van der Waals surface area (Å²) in [5.41, 5.74) is 5.28. The maximum atomic E-state index is 13.0. The zero-order valence-corrected chi connectivity index (χ0v) is 18.9. The molecular weight excluding hydrogens is 378 g/mol. The van der Waals surface area contributed by atoms with Gasteiger partial charge in [0, 0.05) is 23.7 Å². The van der Waals surface area contributed by atoms with E-state index in [1.807, 2.05) is 57.5 Å². The van der Waals surface area contributed by atoms with Crippen molar-refractivity contribution in [3.05, 3.63) is 46.5 Å². The van der Waals surface area contributed by atoms with Crippen LogP contribution in [0.1, 0.15) is 62.0 Å². The lowest BCUT2D eigenvalue weighted by atomic mass is 10.1. The van der Waals surface area contributed by atoms with Gasteiger partial charge in [0.2, 0.25) is 5.91 Å². The molecule has 0 saturated carbocycles. The molecular formula is C23H31N5O2. The summed E-state index contributed by atoms with van der Waals surface area (Å²) in [4.78, 5) is 17.4. The molecule has 7 heteroatoms. The number of amides is 1. The zero-order valence-electron chi connectivity index (χ0n) is 18.9. The fourth-order valence-corrected chi connectivity index (χ4v) is 3.45. The van der Waals surface area contributed by atoms with E-state index in [9.17, 15) is 4.79 Å². The van der Waals surface area contributed by atoms with Crippen LogP contribution in [-0.2, 0) is 17.8 Å². The van der Waals surface area contributed by atoms with Gasteiger partial charge in [-0.2, -0.15) is 10.1 Å². The Labute approximate surface area is 177 Å². The molecule has 1 aromatic carbocycles. The first kappa shape index (κ1) is 21.7. The number of hydrogen-bond acceptors (Lipinski definition) is 5. The van der Waals surface area contributed by atoms with Crippen molar-refractivity contribution in [2.24, 2.45) is 5.92 Å². The summed E-state index contributed by atoms with van der Waals surface area (Å²) in [6, 6.07) is 5.76. The van der Waals surface area contributed by atoms with E-state index in [1.165, 1.54) is 0 Å². The Morgan fingerprint density at radius 2 is 1.90 bits per heavy atom. The molecule has 7 nitrogen and oxygen atoms in total. The summed E-state index contributed by atoms with van der Waals surface area (Å²) in [5, 5.41) is 11.7. The molecule has 30 heavy (non-hydrogen) atoms. The zero-order chi connectivity index (χ0) is 22.0. The first-order valence-electron chi connectivity index (χ1n) is 10.4. The Hall–Kier alpha value is -2.96. The molecule has 0 bridgehead atoms. The van der Waals surface area contributed by atoms with Crippen LogP contribution in [-0.4, -0.2) is 25.8 Å². The molecule has 1 amide bonds. The first-order valence-corrected chi connectivity index (χ1v) is 10.4. The van der Waals surface area contributed by atoms with Crippen molar-refractivity contribution in [1.29, 1.82) is 0 Å². The Morgan fingerprint density at radius 3 is 2.53 bits per heavy atom. The summed E-state index contributed by atoms with van der Waals surface area (Å²) < 4.78 is 7.45. The highest BCUT2D eigenvalue weighted by Crippen LogP contribution is 2.31. The molecule has 1 N–H and O–H groups in total. The predicted molar refractivity (Wildman–Crippen MR) is 117 cm³/mol. The lowest BCUT2D eigenvalue weighted by molar-refractivity contribution is -0.115. The number of aryl methyl sites for hydroxylation is 2. The molecule has 0 unspecified atom stereocenters. The van der Waals surface area contributed by atoms with Crippen LogP contribution in [0, 0.1) is 26.7 Å². The van der Waals surface area contributed by atoms with Gasteiger partial charge in [-0.05, 0) is 38.3 Å². The molecule has 0 aliphatic carbocycles. The fourth-order valence-electron chi connectivity index (χ4n) is 3.45. The smallest absolute Gasteiger partial charge is 0.260 e. The molecule has 0 fully saturated rings. The van der Waals surface area contributed by atoms with Crippen LogP contribution < -0.4 is 5.32 Å². The van der Waals surface area contributed by atoms with Gasteiger partial charge in [0.05, 0.1) is 23.4 Å². The van der Waals surface area contributed by atoms with Crippen molar-refractivity contribution in [3.63, 3.8) is 0 Å². The molecule has 0 saturated heterocycles. The number of carbonyl (C=O) groups excluding carboxylic acids is 1. The van der Waals surface area contributed by atoms with Crippen LogP contribution in [0.4, 0.5) is 5.69 Å². The van der Waals surface area contributed by atoms with Gasteiger partial charge in [-0.3, -0.25) is 9.48 Å². The molecule has 0 aliphatic heterocycles.